The van der Waals surface area contributed by atoms with Gasteiger partial charge in [-0.1, -0.05) is 19.1 Å². The van der Waals surface area contributed by atoms with Gasteiger partial charge in [0, 0.05) is 60.2 Å². The van der Waals surface area contributed by atoms with E-state index in [1.54, 1.807) is 25.7 Å². The van der Waals surface area contributed by atoms with Crippen LogP contribution in [0.5, 0.6) is 5.75 Å². The third-order valence-electron chi connectivity index (χ3n) is 6.70. The summed E-state index contributed by atoms with van der Waals surface area (Å²) in [4.78, 5) is 16.4. The van der Waals surface area contributed by atoms with Gasteiger partial charge in [-0.25, -0.2) is 14.3 Å². The number of aryl methyl sites for hydroxylation is 1. The van der Waals surface area contributed by atoms with E-state index in [-0.39, 0.29) is 5.92 Å². The van der Waals surface area contributed by atoms with Gasteiger partial charge >= 0.3 is 0 Å². The lowest BCUT2D eigenvalue weighted by molar-refractivity contribution is 0.361. The van der Waals surface area contributed by atoms with Crippen molar-refractivity contribution in [3.63, 3.8) is 0 Å². The van der Waals surface area contributed by atoms with Gasteiger partial charge in [-0.2, -0.15) is 5.10 Å². The smallest absolute Gasteiger partial charge is 0.156 e. The predicted molar refractivity (Wildman–Crippen MR) is 137 cm³/mol. The fourth-order valence-corrected chi connectivity index (χ4v) is 4.61. The fraction of sp³-hybridized carbons (Fsp3) is 0.308. The lowest BCUT2D eigenvalue weighted by Gasteiger charge is -2.41. The summed E-state index contributed by atoms with van der Waals surface area (Å²) in [7, 11) is 1.65. The molecule has 5 aromatic rings. The zero-order valence-electron chi connectivity index (χ0n) is 20.7. The molecule has 0 unspecified atom stereocenters. The van der Waals surface area contributed by atoms with Crippen molar-refractivity contribution in [1.82, 2.24) is 39.7 Å². The molecule has 0 spiro atoms. The average Bonchev–Trinajstić information content (AvgIpc) is 3.53. The second-order valence-electron chi connectivity index (χ2n) is 9.36. The van der Waals surface area contributed by atoms with Crippen LogP contribution in [0.3, 0.4) is 0 Å². The van der Waals surface area contributed by atoms with E-state index in [4.69, 9.17) is 19.8 Å². The largest absolute Gasteiger partial charge is 0.496 e. The van der Waals surface area contributed by atoms with Crippen molar-refractivity contribution in [2.45, 2.75) is 32.7 Å². The first-order valence-corrected chi connectivity index (χ1v) is 12.0. The first kappa shape index (κ1) is 22.1. The van der Waals surface area contributed by atoms with Crippen molar-refractivity contribution in [2.75, 3.05) is 25.1 Å². The number of hydrogen-bond acceptors (Lipinski definition) is 8. The van der Waals surface area contributed by atoms with Gasteiger partial charge in [0.15, 0.2) is 5.82 Å². The highest BCUT2D eigenvalue weighted by molar-refractivity contribution is 5.86. The Morgan fingerprint density at radius 2 is 1.92 bits per heavy atom. The third-order valence-corrected chi connectivity index (χ3v) is 6.70. The summed E-state index contributed by atoms with van der Waals surface area (Å²) in [5.74, 6) is 1.78. The molecule has 0 radical (unpaired) electrons. The van der Waals surface area contributed by atoms with Gasteiger partial charge in [-0.05, 0) is 31.0 Å². The molecule has 1 fully saturated rings. The van der Waals surface area contributed by atoms with Crippen molar-refractivity contribution in [3.8, 4) is 22.8 Å². The molecular weight excluding hydrogens is 454 g/mol. The van der Waals surface area contributed by atoms with Gasteiger partial charge < -0.3 is 9.64 Å². The molecule has 6 heterocycles. The molecule has 0 bridgehead atoms. The monoisotopic (exact) mass is 481 g/mol. The molecule has 6 rings (SSSR count). The highest BCUT2D eigenvalue weighted by atomic mass is 16.5. The van der Waals surface area contributed by atoms with Crippen LogP contribution in [0.1, 0.15) is 37.2 Å². The molecule has 0 saturated carbocycles. The number of aromatic nitrogens is 8. The summed E-state index contributed by atoms with van der Waals surface area (Å²) in [6.07, 6.45) is 8.98. The van der Waals surface area contributed by atoms with Gasteiger partial charge in [0.1, 0.15) is 5.75 Å². The van der Waals surface area contributed by atoms with Crippen molar-refractivity contribution in [1.29, 1.82) is 0 Å². The second kappa shape index (κ2) is 8.71. The van der Waals surface area contributed by atoms with Gasteiger partial charge in [-0.15, -0.1) is 5.10 Å². The maximum absolute atomic E-state index is 5.56. The van der Waals surface area contributed by atoms with Gasteiger partial charge in [-0.3, -0.25) is 9.97 Å². The van der Waals surface area contributed by atoms with Gasteiger partial charge in [0.2, 0.25) is 0 Å². The summed E-state index contributed by atoms with van der Waals surface area (Å²) in [5, 5.41) is 13.8. The fourth-order valence-electron chi connectivity index (χ4n) is 4.61. The molecule has 0 atom stereocenters. The molecule has 1 aliphatic heterocycles. The van der Waals surface area contributed by atoms with E-state index >= 15 is 0 Å². The quantitative estimate of drug-likeness (QED) is 0.359. The first-order chi connectivity index (χ1) is 17.5. The molecule has 0 amide bonds. The highest BCUT2D eigenvalue weighted by Crippen LogP contribution is 2.33. The number of hydrogen-bond donors (Lipinski definition) is 0. The summed E-state index contributed by atoms with van der Waals surface area (Å²) < 4.78 is 9.38. The van der Waals surface area contributed by atoms with Crippen LogP contribution in [-0.2, 0) is 0 Å². The van der Waals surface area contributed by atoms with Crippen LogP contribution >= 0.6 is 0 Å². The number of methoxy groups -OCH3 is 1. The molecule has 0 N–H and O–H groups in total. The molecule has 1 saturated heterocycles. The molecule has 5 aromatic heterocycles. The molecule has 0 aliphatic carbocycles. The number of rotatable bonds is 6. The number of fused-ring (bicyclic) bond motifs is 1. The summed E-state index contributed by atoms with van der Waals surface area (Å²) in [6.45, 7) is 8.06. The minimum absolute atomic E-state index is 0.275. The van der Waals surface area contributed by atoms with Crippen molar-refractivity contribution in [3.05, 3.63) is 66.6 Å². The zero-order chi connectivity index (χ0) is 24.8. The second-order valence-corrected chi connectivity index (χ2v) is 9.36. The highest BCUT2D eigenvalue weighted by Gasteiger charge is 2.30. The Morgan fingerprint density at radius 1 is 1.06 bits per heavy atom. The lowest BCUT2D eigenvalue weighted by atomic mass is 10.1. The number of ether oxygens (including phenoxy) is 1. The number of pyridine rings is 3. The van der Waals surface area contributed by atoms with E-state index in [2.05, 4.69) is 46.2 Å². The number of anilines is 1. The topological polar surface area (TPSA) is 99.7 Å². The molecule has 1 aliphatic rings. The van der Waals surface area contributed by atoms with Gasteiger partial charge in [0.05, 0.1) is 42.3 Å². The van der Waals surface area contributed by atoms with Crippen LogP contribution in [0.2, 0.25) is 0 Å². The average molecular weight is 482 g/mol. The predicted octanol–water partition coefficient (Wildman–Crippen LogP) is 3.97. The van der Waals surface area contributed by atoms with Crippen LogP contribution in [-0.4, -0.2) is 59.9 Å². The normalized spacial score (nSPS) is 14.0. The Kier molecular flexibility index (Phi) is 5.36. The van der Waals surface area contributed by atoms with Gasteiger partial charge in [0.25, 0.3) is 0 Å². The summed E-state index contributed by atoms with van der Waals surface area (Å²) in [5.41, 5.74) is 5.59. The van der Waals surface area contributed by atoms with E-state index in [0.717, 1.165) is 63.9 Å². The zero-order valence-corrected chi connectivity index (χ0v) is 20.7. The van der Waals surface area contributed by atoms with Crippen LogP contribution in [0.15, 0.2) is 55.2 Å². The van der Waals surface area contributed by atoms with Crippen molar-refractivity contribution in [2.24, 2.45) is 0 Å². The maximum Gasteiger partial charge on any atom is 0.156 e. The molecule has 182 valence electrons. The lowest BCUT2D eigenvalue weighted by Crippen LogP contribution is -2.48. The van der Waals surface area contributed by atoms with Crippen molar-refractivity contribution < 1.29 is 4.74 Å². The minimum atomic E-state index is 0.275. The van der Waals surface area contributed by atoms with Crippen LogP contribution in [0.4, 0.5) is 5.69 Å². The van der Waals surface area contributed by atoms with Crippen LogP contribution < -0.4 is 9.64 Å². The summed E-state index contributed by atoms with van der Waals surface area (Å²) in [6, 6.07) is 8.48. The van der Waals surface area contributed by atoms with E-state index in [1.165, 1.54) is 0 Å². The number of nitrogens with zero attached hydrogens (tertiary/aromatic N) is 9. The maximum atomic E-state index is 5.56. The van der Waals surface area contributed by atoms with E-state index in [9.17, 15) is 0 Å². The Hall–Kier alpha value is -4.34. The SMILES string of the molecule is COc1ccncc1-c1cc2c(cnn2-c2cc(N3CC(n4ccnn4)C3)cc(C(C)C)n2)c(C)n1. The molecular formula is C26H27N9O. The standard InChI is InChI=1S/C26H27N9O/c1-16(2)22-9-18(33-14-19(15-33)34-8-7-28-32-34)10-26(31-22)35-24-11-23(30-17(3)20(24)13-29-35)21-12-27-6-5-25(21)36-4/h5-13,16,19H,14-15H2,1-4H3. The minimum Gasteiger partial charge on any atom is -0.496 e. The Labute approximate surface area is 208 Å². The molecule has 36 heavy (non-hydrogen) atoms. The Bertz CT molecular complexity index is 1530. The van der Waals surface area contributed by atoms with Crippen LogP contribution in [0, 0.1) is 6.92 Å². The van der Waals surface area contributed by atoms with E-state index in [1.807, 2.05) is 40.8 Å². The third kappa shape index (κ3) is 3.74. The molecule has 0 aromatic carbocycles. The van der Waals surface area contributed by atoms with E-state index in [0.29, 0.717) is 6.04 Å². The van der Waals surface area contributed by atoms with Crippen molar-refractivity contribution >= 4 is 16.6 Å². The Balaban J connectivity index is 1.43. The Morgan fingerprint density at radius 3 is 2.67 bits per heavy atom. The molecule has 10 nitrogen and oxygen atoms in total. The molecule has 10 heteroatoms. The van der Waals surface area contributed by atoms with Crippen LogP contribution in [0.25, 0.3) is 28.0 Å². The van der Waals surface area contributed by atoms with E-state index < -0.39 is 0 Å². The first-order valence-electron chi connectivity index (χ1n) is 12.0. The summed E-state index contributed by atoms with van der Waals surface area (Å²) >= 11 is 0.